The summed E-state index contributed by atoms with van der Waals surface area (Å²) in [6.45, 7) is 2.94. The molecule has 106 valence electrons. The van der Waals surface area contributed by atoms with Crippen LogP contribution in [0.1, 0.15) is 24.2 Å². The average molecular weight is 447 g/mol. The van der Waals surface area contributed by atoms with Crippen molar-refractivity contribution in [1.82, 2.24) is 10.3 Å². The minimum Gasteiger partial charge on any atom is -0.495 e. The molecule has 0 saturated carbocycles. The van der Waals surface area contributed by atoms with E-state index in [1.165, 1.54) is 9.13 Å². The average Bonchev–Trinajstić information content (AvgIpc) is 2.47. The van der Waals surface area contributed by atoms with Crippen molar-refractivity contribution in [2.24, 2.45) is 0 Å². The molecule has 1 atom stereocenters. The smallest absolute Gasteiger partial charge is 0.142 e. The molecule has 0 fully saturated rings. The van der Waals surface area contributed by atoms with E-state index in [4.69, 9.17) is 4.74 Å². The second-order valence-electron chi connectivity index (χ2n) is 4.25. The number of hydrogen-bond donors (Lipinski definition) is 1. The summed E-state index contributed by atoms with van der Waals surface area (Å²) in [5, 5.41) is 3.49. The number of halogens is 2. The molecule has 0 aliphatic rings. The first kappa shape index (κ1) is 15.7. The quantitative estimate of drug-likeness (QED) is 0.700. The third-order valence-corrected chi connectivity index (χ3v) is 4.45. The Labute approximate surface area is 141 Å². The fourth-order valence-electron chi connectivity index (χ4n) is 2.09. The van der Waals surface area contributed by atoms with Gasteiger partial charge in [0.05, 0.1) is 13.2 Å². The highest BCUT2D eigenvalue weighted by molar-refractivity contribution is 14.1. The lowest BCUT2D eigenvalue weighted by molar-refractivity contribution is 0.400. The van der Waals surface area contributed by atoms with E-state index in [2.05, 4.69) is 67.9 Å². The van der Waals surface area contributed by atoms with Crippen molar-refractivity contribution in [2.75, 3.05) is 13.7 Å². The molecule has 1 unspecified atom stereocenters. The maximum Gasteiger partial charge on any atom is 0.142 e. The highest BCUT2D eigenvalue weighted by atomic mass is 127. The lowest BCUT2D eigenvalue weighted by Gasteiger charge is -2.21. The van der Waals surface area contributed by atoms with E-state index in [0.29, 0.717) is 0 Å². The van der Waals surface area contributed by atoms with E-state index in [0.717, 1.165) is 22.5 Å². The highest BCUT2D eigenvalue weighted by Crippen LogP contribution is 2.32. The van der Waals surface area contributed by atoms with Crippen LogP contribution in [-0.2, 0) is 0 Å². The number of nitrogens with one attached hydrogen (secondary N) is 1. The number of ether oxygens (including phenoxy) is 1. The molecule has 1 heterocycles. The van der Waals surface area contributed by atoms with Gasteiger partial charge in [0, 0.05) is 14.2 Å². The Morgan fingerprint density at radius 3 is 2.90 bits per heavy atom. The van der Waals surface area contributed by atoms with Crippen molar-refractivity contribution in [3.05, 3.63) is 55.8 Å². The summed E-state index contributed by atoms with van der Waals surface area (Å²) in [7, 11) is 1.68. The van der Waals surface area contributed by atoms with Crippen molar-refractivity contribution in [3.63, 3.8) is 0 Å². The molecule has 0 aliphatic carbocycles. The second kappa shape index (κ2) is 7.38. The molecule has 20 heavy (non-hydrogen) atoms. The zero-order valence-corrected chi connectivity index (χ0v) is 15.1. The van der Waals surface area contributed by atoms with Crippen LogP contribution in [-0.4, -0.2) is 18.6 Å². The molecule has 1 N–H and O–H groups in total. The van der Waals surface area contributed by atoms with Gasteiger partial charge in [-0.1, -0.05) is 22.9 Å². The van der Waals surface area contributed by atoms with E-state index in [1.54, 1.807) is 13.3 Å². The first-order chi connectivity index (χ1) is 9.67. The fraction of sp³-hybridized carbons (Fsp3) is 0.267. The number of methoxy groups -OCH3 is 1. The summed E-state index contributed by atoms with van der Waals surface area (Å²) in [6, 6.07) is 10.1. The summed E-state index contributed by atoms with van der Waals surface area (Å²) < 4.78 is 7.71. The van der Waals surface area contributed by atoms with Gasteiger partial charge in [-0.05, 0) is 65.0 Å². The monoisotopic (exact) mass is 446 g/mol. The van der Waals surface area contributed by atoms with Crippen LogP contribution < -0.4 is 10.1 Å². The summed E-state index contributed by atoms with van der Waals surface area (Å²) in [4.78, 5) is 4.51. The topological polar surface area (TPSA) is 34.2 Å². The summed E-state index contributed by atoms with van der Waals surface area (Å²) >= 11 is 5.89. The predicted molar refractivity (Wildman–Crippen MR) is 93.2 cm³/mol. The molecule has 0 radical (unpaired) electrons. The van der Waals surface area contributed by atoms with Gasteiger partial charge in [-0.15, -0.1) is 0 Å². The van der Waals surface area contributed by atoms with Gasteiger partial charge < -0.3 is 10.1 Å². The van der Waals surface area contributed by atoms with Crippen LogP contribution in [0, 0.1) is 3.57 Å². The lowest BCUT2D eigenvalue weighted by atomic mass is 10.0. The maximum atomic E-state index is 5.45. The van der Waals surface area contributed by atoms with Gasteiger partial charge in [-0.2, -0.15) is 0 Å². The molecular weight excluding hydrogens is 431 g/mol. The molecule has 0 bridgehead atoms. The van der Waals surface area contributed by atoms with Gasteiger partial charge in [0.25, 0.3) is 0 Å². The van der Waals surface area contributed by atoms with Gasteiger partial charge in [0.2, 0.25) is 0 Å². The van der Waals surface area contributed by atoms with E-state index < -0.39 is 0 Å². The Hall–Kier alpha value is -0.660. The molecule has 1 aromatic heterocycles. The van der Waals surface area contributed by atoms with Gasteiger partial charge >= 0.3 is 0 Å². The number of hydrogen-bond acceptors (Lipinski definition) is 3. The Balaban J connectivity index is 2.53. The minimum atomic E-state index is 0.0144. The standard InChI is InChI=1S/C15H16BrIN2O/c1-3-18-14(11-9-10(16)6-7-12(11)17)15-13(20-2)5-4-8-19-15/h4-9,14,18H,3H2,1-2H3. The molecule has 0 amide bonds. The molecule has 2 rings (SSSR count). The lowest BCUT2D eigenvalue weighted by Crippen LogP contribution is -2.24. The van der Waals surface area contributed by atoms with E-state index >= 15 is 0 Å². The molecule has 2 aromatic rings. The van der Waals surface area contributed by atoms with Gasteiger partial charge in [-0.25, -0.2) is 0 Å². The molecule has 0 saturated heterocycles. The molecule has 0 spiro atoms. The normalized spacial score (nSPS) is 12.2. The van der Waals surface area contributed by atoms with E-state index in [1.807, 2.05) is 18.2 Å². The van der Waals surface area contributed by atoms with Crippen molar-refractivity contribution in [2.45, 2.75) is 13.0 Å². The maximum absolute atomic E-state index is 5.45. The number of rotatable bonds is 5. The van der Waals surface area contributed by atoms with Gasteiger partial charge in [0.15, 0.2) is 0 Å². The second-order valence-corrected chi connectivity index (χ2v) is 6.33. The van der Waals surface area contributed by atoms with Gasteiger partial charge in [-0.3, -0.25) is 4.98 Å². The zero-order valence-electron chi connectivity index (χ0n) is 11.4. The van der Waals surface area contributed by atoms with Gasteiger partial charge in [0.1, 0.15) is 11.4 Å². The third-order valence-electron chi connectivity index (χ3n) is 2.97. The van der Waals surface area contributed by atoms with Crippen molar-refractivity contribution < 1.29 is 4.74 Å². The Kier molecular flexibility index (Phi) is 5.80. The van der Waals surface area contributed by atoms with Crippen LogP contribution in [0.15, 0.2) is 41.0 Å². The SMILES string of the molecule is CCNC(c1cc(Br)ccc1I)c1ncccc1OC. The predicted octanol–water partition coefficient (Wildman–Crippen LogP) is 4.16. The Bertz CT molecular complexity index is 592. The molecule has 1 aromatic carbocycles. The Morgan fingerprint density at radius 1 is 1.40 bits per heavy atom. The summed E-state index contributed by atoms with van der Waals surface area (Å²) in [6.07, 6.45) is 1.80. The number of aromatic nitrogens is 1. The molecule has 3 nitrogen and oxygen atoms in total. The molecular formula is C15H16BrIN2O. The largest absolute Gasteiger partial charge is 0.495 e. The first-order valence-corrected chi connectivity index (χ1v) is 8.21. The summed E-state index contributed by atoms with van der Waals surface area (Å²) in [5.41, 5.74) is 2.10. The minimum absolute atomic E-state index is 0.0144. The fourth-order valence-corrected chi connectivity index (χ4v) is 3.11. The van der Waals surface area contributed by atoms with E-state index in [-0.39, 0.29) is 6.04 Å². The number of pyridine rings is 1. The Morgan fingerprint density at radius 2 is 2.20 bits per heavy atom. The van der Waals surface area contributed by atoms with Crippen molar-refractivity contribution >= 4 is 38.5 Å². The van der Waals surface area contributed by atoms with E-state index in [9.17, 15) is 0 Å². The number of nitrogens with zero attached hydrogens (tertiary/aromatic N) is 1. The zero-order chi connectivity index (χ0) is 14.5. The number of benzene rings is 1. The van der Waals surface area contributed by atoms with Crippen LogP contribution in [0.5, 0.6) is 5.75 Å². The summed E-state index contributed by atoms with van der Waals surface area (Å²) in [5.74, 6) is 0.800. The third kappa shape index (κ3) is 3.51. The first-order valence-electron chi connectivity index (χ1n) is 6.34. The van der Waals surface area contributed by atoms with Crippen molar-refractivity contribution in [1.29, 1.82) is 0 Å². The molecule has 0 aliphatic heterocycles. The van der Waals surface area contributed by atoms with Crippen molar-refractivity contribution in [3.8, 4) is 5.75 Å². The molecule has 5 heteroatoms. The highest BCUT2D eigenvalue weighted by Gasteiger charge is 2.21. The van der Waals surface area contributed by atoms with Crippen LogP contribution in [0.2, 0.25) is 0 Å². The van der Waals surface area contributed by atoms with Crippen LogP contribution in [0.4, 0.5) is 0 Å². The van der Waals surface area contributed by atoms with Crippen LogP contribution in [0.25, 0.3) is 0 Å². The van der Waals surface area contributed by atoms with Crippen LogP contribution in [0.3, 0.4) is 0 Å². The van der Waals surface area contributed by atoms with Crippen LogP contribution >= 0.6 is 38.5 Å².